The van der Waals surface area contributed by atoms with Crippen molar-refractivity contribution in [3.05, 3.63) is 0 Å². The zero-order chi connectivity index (χ0) is 14.5. The molecule has 0 aromatic rings. The molecule has 1 N–H and O–H groups in total. The molecule has 1 spiro atoms. The number of hydrogen-bond acceptors (Lipinski definition) is 3. The van der Waals surface area contributed by atoms with Gasteiger partial charge in [-0.1, -0.05) is 12.8 Å². The van der Waals surface area contributed by atoms with Crippen molar-refractivity contribution in [1.82, 2.24) is 10.2 Å². The predicted molar refractivity (Wildman–Crippen MR) is 87.6 cm³/mol. The van der Waals surface area contributed by atoms with Crippen molar-refractivity contribution in [2.24, 2.45) is 5.41 Å². The van der Waals surface area contributed by atoms with Crippen LogP contribution in [-0.2, 0) is 4.74 Å². The smallest absolute Gasteiger partial charge is 0.0589 e. The summed E-state index contributed by atoms with van der Waals surface area (Å²) in [6.07, 6.45) is 14.6. The predicted octanol–water partition coefficient (Wildman–Crippen LogP) is 3.19. The normalized spacial score (nSPS) is 29.7. The second-order valence-electron chi connectivity index (χ2n) is 7.72. The first-order chi connectivity index (χ1) is 10.3. The summed E-state index contributed by atoms with van der Waals surface area (Å²) in [5.74, 6) is 0. The monoisotopic (exact) mass is 294 g/mol. The van der Waals surface area contributed by atoms with Gasteiger partial charge >= 0.3 is 0 Å². The quantitative estimate of drug-likeness (QED) is 0.814. The summed E-state index contributed by atoms with van der Waals surface area (Å²) >= 11 is 0. The fraction of sp³-hybridized carbons (Fsp3) is 1.00. The van der Waals surface area contributed by atoms with Crippen LogP contribution in [0.25, 0.3) is 0 Å². The lowest BCUT2D eigenvalue weighted by Crippen LogP contribution is -2.47. The maximum atomic E-state index is 5.36. The van der Waals surface area contributed by atoms with Gasteiger partial charge < -0.3 is 10.1 Å². The fourth-order valence-electron chi connectivity index (χ4n) is 5.03. The second kappa shape index (κ2) is 7.43. The van der Waals surface area contributed by atoms with Gasteiger partial charge in [-0.25, -0.2) is 0 Å². The zero-order valence-electron chi connectivity index (χ0n) is 13.9. The van der Waals surface area contributed by atoms with Gasteiger partial charge in [-0.2, -0.15) is 0 Å². The van der Waals surface area contributed by atoms with E-state index in [4.69, 9.17) is 4.74 Å². The van der Waals surface area contributed by atoms with Crippen molar-refractivity contribution in [2.45, 2.75) is 76.3 Å². The van der Waals surface area contributed by atoms with Crippen LogP contribution in [0.5, 0.6) is 0 Å². The summed E-state index contributed by atoms with van der Waals surface area (Å²) in [7, 11) is 1.83. The van der Waals surface area contributed by atoms with Crippen LogP contribution in [0.4, 0.5) is 0 Å². The molecule has 0 amide bonds. The molecule has 2 aliphatic carbocycles. The largest absolute Gasteiger partial charge is 0.383 e. The van der Waals surface area contributed by atoms with E-state index in [1.54, 1.807) is 0 Å². The molecule has 1 unspecified atom stereocenters. The van der Waals surface area contributed by atoms with Crippen molar-refractivity contribution >= 4 is 0 Å². The molecule has 21 heavy (non-hydrogen) atoms. The molecule has 3 rings (SSSR count). The van der Waals surface area contributed by atoms with Crippen LogP contribution in [0.15, 0.2) is 0 Å². The highest BCUT2D eigenvalue weighted by atomic mass is 16.5. The highest BCUT2D eigenvalue weighted by molar-refractivity contribution is 4.93. The van der Waals surface area contributed by atoms with Gasteiger partial charge in [0, 0.05) is 32.3 Å². The third kappa shape index (κ3) is 4.00. The summed E-state index contributed by atoms with van der Waals surface area (Å²) in [6.45, 7) is 4.46. The van der Waals surface area contributed by atoms with Crippen LogP contribution in [0.2, 0.25) is 0 Å². The summed E-state index contributed by atoms with van der Waals surface area (Å²) < 4.78 is 5.36. The first-order valence-electron chi connectivity index (χ1n) is 9.28. The average molecular weight is 294 g/mol. The van der Waals surface area contributed by atoms with Gasteiger partial charge in [0.05, 0.1) is 6.61 Å². The third-order valence-corrected chi connectivity index (χ3v) is 6.40. The van der Waals surface area contributed by atoms with Crippen molar-refractivity contribution in [1.29, 1.82) is 0 Å². The van der Waals surface area contributed by atoms with Crippen LogP contribution >= 0.6 is 0 Å². The Morgan fingerprint density at radius 3 is 2.43 bits per heavy atom. The number of hydrogen-bond donors (Lipinski definition) is 1. The molecule has 0 aromatic heterocycles. The molecule has 1 saturated heterocycles. The molecule has 3 heteroatoms. The van der Waals surface area contributed by atoms with Crippen LogP contribution in [-0.4, -0.2) is 50.3 Å². The van der Waals surface area contributed by atoms with Gasteiger partial charge in [-0.3, -0.25) is 4.90 Å². The molecule has 1 atom stereocenters. The Bertz CT molecular complexity index is 298. The van der Waals surface area contributed by atoms with Gasteiger partial charge in [-0.15, -0.1) is 0 Å². The van der Waals surface area contributed by atoms with Crippen molar-refractivity contribution in [3.63, 3.8) is 0 Å². The molecule has 2 saturated carbocycles. The van der Waals surface area contributed by atoms with E-state index in [-0.39, 0.29) is 0 Å². The molecule has 1 heterocycles. The minimum Gasteiger partial charge on any atom is -0.383 e. The van der Waals surface area contributed by atoms with Gasteiger partial charge in [0.15, 0.2) is 0 Å². The molecule has 0 bridgehead atoms. The summed E-state index contributed by atoms with van der Waals surface area (Å²) in [5.41, 5.74) is 0.759. The molecule has 122 valence electrons. The third-order valence-electron chi connectivity index (χ3n) is 6.40. The van der Waals surface area contributed by atoms with Gasteiger partial charge in [0.2, 0.25) is 0 Å². The van der Waals surface area contributed by atoms with E-state index in [0.29, 0.717) is 0 Å². The Balaban J connectivity index is 1.52. The minimum absolute atomic E-state index is 0.726. The Kier molecular flexibility index (Phi) is 5.58. The highest BCUT2D eigenvalue weighted by Crippen LogP contribution is 2.49. The lowest BCUT2D eigenvalue weighted by molar-refractivity contribution is 0.0627. The zero-order valence-corrected chi connectivity index (χ0v) is 13.9. The lowest BCUT2D eigenvalue weighted by Gasteiger charge is -2.42. The fourth-order valence-corrected chi connectivity index (χ4v) is 5.03. The molecular weight excluding hydrogens is 260 g/mol. The summed E-state index contributed by atoms with van der Waals surface area (Å²) in [6, 6.07) is 1.54. The molecule has 0 radical (unpaired) electrons. The first kappa shape index (κ1) is 15.8. The van der Waals surface area contributed by atoms with E-state index in [9.17, 15) is 0 Å². The van der Waals surface area contributed by atoms with E-state index in [1.807, 2.05) is 7.11 Å². The SMILES string of the molecule is COCCN(CC1CCCN1)C1CCC2(CCCC2)CC1. The van der Waals surface area contributed by atoms with Gasteiger partial charge in [-0.05, 0) is 63.3 Å². The van der Waals surface area contributed by atoms with E-state index < -0.39 is 0 Å². The minimum atomic E-state index is 0.726. The topological polar surface area (TPSA) is 24.5 Å². The van der Waals surface area contributed by atoms with E-state index in [1.165, 1.54) is 77.3 Å². The first-order valence-corrected chi connectivity index (χ1v) is 9.28. The van der Waals surface area contributed by atoms with Crippen molar-refractivity contribution in [2.75, 3.05) is 33.4 Å². The lowest BCUT2D eigenvalue weighted by atomic mass is 9.71. The molecule has 3 fully saturated rings. The number of nitrogens with zero attached hydrogens (tertiary/aromatic N) is 1. The second-order valence-corrected chi connectivity index (χ2v) is 7.72. The van der Waals surface area contributed by atoms with Crippen molar-refractivity contribution in [3.8, 4) is 0 Å². The Labute approximate surface area is 130 Å². The number of rotatable bonds is 6. The number of ether oxygens (including phenoxy) is 1. The maximum Gasteiger partial charge on any atom is 0.0589 e. The number of methoxy groups -OCH3 is 1. The van der Waals surface area contributed by atoms with Crippen LogP contribution in [0, 0.1) is 5.41 Å². The molecule has 3 nitrogen and oxygen atoms in total. The van der Waals surface area contributed by atoms with Crippen LogP contribution < -0.4 is 5.32 Å². The highest BCUT2D eigenvalue weighted by Gasteiger charge is 2.39. The molecule has 0 aromatic carbocycles. The Morgan fingerprint density at radius 2 is 1.81 bits per heavy atom. The standard InChI is InChI=1S/C18H34N2O/c1-21-14-13-20(15-16-5-4-12-19-16)17-6-10-18(11-7-17)8-2-3-9-18/h16-17,19H,2-15H2,1H3. The van der Waals surface area contributed by atoms with Crippen LogP contribution in [0.1, 0.15) is 64.2 Å². The van der Waals surface area contributed by atoms with Gasteiger partial charge in [0.25, 0.3) is 0 Å². The number of nitrogens with one attached hydrogen (secondary N) is 1. The van der Waals surface area contributed by atoms with E-state index >= 15 is 0 Å². The Hall–Kier alpha value is -0.120. The average Bonchev–Trinajstić information content (AvgIpc) is 3.17. The van der Waals surface area contributed by atoms with E-state index in [2.05, 4.69) is 10.2 Å². The van der Waals surface area contributed by atoms with Crippen LogP contribution in [0.3, 0.4) is 0 Å². The van der Waals surface area contributed by atoms with E-state index in [0.717, 1.165) is 30.7 Å². The Morgan fingerprint density at radius 1 is 1.05 bits per heavy atom. The molecule has 1 aliphatic heterocycles. The molecular formula is C18H34N2O. The summed E-state index contributed by atoms with van der Waals surface area (Å²) in [4.78, 5) is 2.74. The summed E-state index contributed by atoms with van der Waals surface area (Å²) in [5, 5.41) is 3.67. The maximum absolute atomic E-state index is 5.36. The van der Waals surface area contributed by atoms with Crippen molar-refractivity contribution < 1.29 is 4.74 Å². The van der Waals surface area contributed by atoms with Gasteiger partial charge in [0.1, 0.15) is 0 Å². The molecule has 3 aliphatic rings.